The fourth-order valence-electron chi connectivity index (χ4n) is 4.34. The highest BCUT2D eigenvalue weighted by atomic mass is 16.5. The largest absolute Gasteiger partial charge is 0.493 e. The van der Waals surface area contributed by atoms with E-state index in [0.29, 0.717) is 25.8 Å². The quantitative estimate of drug-likeness (QED) is 0.486. The molecule has 170 valence electrons. The maximum Gasteiger partial charge on any atom is 0.227 e. The van der Waals surface area contributed by atoms with Crippen LogP contribution < -0.4 is 15.0 Å². The molecule has 0 amide bonds. The van der Waals surface area contributed by atoms with E-state index in [1.54, 1.807) is 6.20 Å². The van der Waals surface area contributed by atoms with Crippen molar-refractivity contribution in [3.63, 3.8) is 0 Å². The zero-order valence-corrected chi connectivity index (χ0v) is 18.9. The van der Waals surface area contributed by atoms with Gasteiger partial charge >= 0.3 is 0 Å². The molecule has 33 heavy (non-hydrogen) atoms. The summed E-state index contributed by atoms with van der Waals surface area (Å²) >= 11 is 0. The molecule has 0 atom stereocenters. The maximum atomic E-state index is 6.02. The van der Waals surface area contributed by atoms with Crippen LogP contribution in [-0.2, 0) is 11.3 Å². The Morgan fingerprint density at radius 3 is 2.82 bits per heavy atom. The second-order valence-corrected chi connectivity index (χ2v) is 8.43. The van der Waals surface area contributed by atoms with Crippen LogP contribution in [0.3, 0.4) is 0 Å². The molecule has 0 saturated carbocycles. The topological polar surface area (TPSA) is 59.5 Å². The van der Waals surface area contributed by atoms with Gasteiger partial charge in [0.2, 0.25) is 5.95 Å². The lowest BCUT2D eigenvalue weighted by Crippen LogP contribution is -2.30. The van der Waals surface area contributed by atoms with Crippen LogP contribution in [0.2, 0.25) is 0 Å². The minimum atomic E-state index is 0.563. The number of piperidine rings is 1. The Morgan fingerprint density at radius 2 is 1.88 bits per heavy atom. The van der Waals surface area contributed by atoms with E-state index in [-0.39, 0.29) is 0 Å². The number of anilines is 3. The van der Waals surface area contributed by atoms with Gasteiger partial charge in [-0.15, -0.1) is 0 Å². The van der Waals surface area contributed by atoms with Crippen molar-refractivity contribution in [2.45, 2.75) is 32.3 Å². The zero-order valence-electron chi connectivity index (χ0n) is 18.9. The molecule has 2 aliphatic rings. The number of nitrogens with one attached hydrogen (secondary N) is 1. The molecule has 1 aromatic heterocycles. The third kappa shape index (κ3) is 5.52. The number of hydrogen-bond acceptors (Lipinski definition) is 6. The number of rotatable bonds is 1. The number of benzene rings is 2. The van der Waals surface area contributed by atoms with Crippen molar-refractivity contribution in [1.29, 1.82) is 0 Å². The normalized spacial score (nSPS) is 17.8. The first-order valence-corrected chi connectivity index (χ1v) is 11.8. The second-order valence-electron chi connectivity index (χ2n) is 8.43. The highest BCUT2D eigenvalue weighted by Gasteiger charge is 2.15. The Bertz CT molecular complexity index is 1110. The van der Waals surface area contributed by atoms with E-state index in [0.717, 1.165) is 42.2 Å². The van der Waals surface area contributed by atoms with Crippen molar-refractivity contribution in [3.05, 3.63) is 72.4 Å². The number of aromatic nitrogens is 2. The molecule has 6 nitrogen and oxygen atoms in total. The van der Waals surface area contributed by atoms with Crippen molar-refractivity contribution >= 4 is 17.3 Å². The van der Waals surface area contributed by atoms with E-state index in [4.69, 9.17) is 14.5 Å². The van der Waals surface area contributed by atoms with Crippen molar-refractivity contribution in [1.82, 2.24) is 9.97 Å². The molecule has 1 saturated heterocycles. The highest BCUT2D eigenvalue weighted by molar-refractivity contribution is 5.66. The predicted octanol–water partition coefficient (Wildman–Crippen LogP) is 5.73. The van der Waals surface area contributed by atoms with Crippen LogP contribution in [0.15, 0.2) is 66.9 Å². The number of ether oxygens (including phenoxy) is 2. The van der Waals surface area contributed by atoms with Crippen LogP contribution in [0.4, 0.5) is 17.3 Å². The number of fused-ring (bicyclic) bond motifs is 7. The zero-order chi connectivity index (χ0) is 22.3. The van der Waals surface area contributed by atoms with Crippen LogP contribution in [0.1, 0.15) is 31.2 Å². The summed E-state index contributed by atoms with van der Waals surface area (Å²) < 4.78 is 11.9. The Morgan fingerprint density at radius 1 is 0.939 bits per heavy atom. The molecule has 2 aromatic carbocycles. The standard InChI is InChI=1S/C27H30N4O2/c1-3-14-31(15-4-1)26-11-10-23-18-22(26)20-32-16-5-2-6-17-33-24-9-7-8-21(19-24)25-12-13-28-27(29-23)30-25/h2,5,7-13,18-19H,1,3-4,6,14-17,20H2,(H,28,29,30)/b5-2+. The van der Waals surface area contributed by atoms with Gasteiger partial charge in [-0.2, -0.15) is 0 Å². The predicted molar refractivity (Wildman–Crippen MR) is 132 cm³/mol. The van der Waals surface area contributed by atoms with Gasteiger partial charge in [0.15, 0.2) is 0 Å². The van der Waals surface area contributed by atoms with Gasteiger partial charge in [0.25, 0.3) is 0 Å². The summed E-state index contributed by atoms with van der Waals surface area (Å²) in [5.41, 5.74) is 5.26. The molecule has 0 unspecified atom stereocenters. The Labute approximate surface area is 195 Å². The van der Waals surface area contributed by atoms with Gasteiger partial charge in [0.05, 0.1) is 25.5 Å². The molecule has 5 rings (SSSR count). The molecular formula is C27H30N4O2. The van der Waals surface area contributed by atoms with Gasteiger partial charge < -0.3 is 19.7 Å². The van der Waals surface area contributed by atoms with Gasteiger partial charge in [-0.3, -0.25) is 0 Å². The molecule has 6 bridgehead atoms. The van der Waals surface area contributed by atoms with Crippen molar-refractivity contribution < 1.29 is 9.47 Å². The molecule has 1 N–H and O–H groups in total. The van der Waals surface area contributed by atoms with E-state index in [9.17, 15) is 0 Å². The molecule has 1 fully saturated rings. The third-order valence-electron chi connectivity index (χ3n) is 6.01. The Hall–Kier alpha value is -3.38. The summed E-state index contributed by atoms with van der Waals surface area (Å²) in [5.74, 6) is 1.41. The van der Waals surface area contributed by atoms with Crippen molar-refractivity contribution in [2.75, 3.05) is 36.5 Å². The van der Waals surface area contributed by atoms with Crippen molar-refractivity contribution in [3.8, 4) is 17.0 Å². The molecule has 0 spiro atoms. The van der Waals surface area contributed by atoms with E-state index in [1.807, 2.05) is 30.3 Å². The van der Waals surface area contributed by atoms with Crippen LogP contribution >= 0.6 is 0 Å². The lowest BCUT2D eigenvalue weighted by molar-refractivity contribution is 0.148. The van der Waals surface area contributed by atoms with E-state index in [2.05, 4.69) is 45.6 Å². The fraction of sp³-hybridized carbons (Fsp3) is 0.333. The molecule has 2 aliphatic heterocycles. The summed E-state index contributed by atoms with van der Waals surface area (Å²) in [6, 6.07) is 16.4. The van der Waals surface area contributed by atoms with Gasteiger partial charge in [-0.25, -0.2) is 9.97 Å². The molecule has 0 aliphatic carbocycles. The second kappa shape index (κ2) is 10.5. The highest BCUT2D eigenvalue weighted by Crippen LogP contribution is 2.29. The average Bonchev–Trinajstić information content (AvgIpc) is 2.86. The summed E-state index contributed by atoms with van der Waals surface area (Å²) in [6.45, 7) is 3.97. The first kappa shape index (κ1) is 21.5. The van der Waals surface area contributed by atoms with Gasteiger partial charge in [-0.05, 0) is 62.1 Å². The van der Waals surface area contributed by atoms with Crippen LogP contribution in [0.25, 0.3) is 11.3 Å². The van der Waals surface area contributed by atoms with Gasteiger partial charge in [-0.1, -0.05) is 24.3 Å². The van der Waals surface area contributed by atoms with Crippen molar-refractivity contribution in [2.24, 2.45) is 0 Å². The molecule has 0 radical (unpaired) electrons. The smallest absolute Gasteiger partial charge is 0.227 e. The average molecular weight is 443 g/mol. The van der Waals surface area contributed by atoms with Gasteiger partial charge in [0, 0.05) is 41.8 Å². The lowest BCUT2D eigenvalue weighted by Gasteiger charge is -2.31. The van der Waals surface area contributed by atoms with E-state index >= 15 is 0 Å². The van der Waals surface area contributed by atoms with Crippen LogP contribution in [0.5, 0.6) is 5.75 Å². The SMILES string of the molecule is C1=C/COCc2cc(ccc2N2CCCCC2)Nc2nccc(n2)-c2cccc(c2)OCC/1. The minimum absolute atomic E-state index is 0.563. The van der Waals surface area contributed by atoms with Crippen LogP contribution in [-0.4, -0.2) is 36.3 Å². The maximum absolute atomic E-state index is 6.02. The first-order chi connectivity index (χ1) is 16.3. The number of nitrogens with zero attached hydrogens (tertiary/aromatic N) is 3. The monoisotopic (exact) mass is 442 g/mol. The Kier molecular flexibility index (Phi) is 6.82. The minimum Gasteiger partial charge on any atom is -0.493 e. The molecular weight excluding hydrogens is 412 g/mol. The summed E-state index contributed by atoms with van der Waals surface area (Å²) in [6.07, 6.45) is 10.6. The Balaban J connectivity index is 1.47. The van der Waals surface area contributed by atoms with E-state index < -0.39 is 0 Å². The van der Waals surface area contributed by atoms with Crippen LogP contribution in [0, 0.1) is 0 Å². The first-order valence-electron chi connectivity index (χ1n) is 11.8. The molecule has 3 heterocycles. The summed E-state index contributed by atoms with van der Waals surface area (Å²) in [4.78, 5) is 11.7. The summed E-state index contributed by atoms with van der Waals surface area (Å²) in [7, 11) is 0. The number of hydrogen-bond donors (Lipinski definition) is 1. The fourth-order valence-corrected chi connectivity index (χ4v) is 4.34. The van der Waals surface area contributed by atoms with Gasteiger partial charge in [0.1, 0.15) is 5.75 Å². The summed E-state index contributed by atoms with van der Waals surface area (Å²) in [5, 5.41) is 3.38. The molecule has 3 aromatic rings. The molecule has 6 heteroatoms. The third-order valence-corrected chi connectivity index (χ3v) is 6.01. The van der Waals surface area contributed by atoms with E-state index in [1.165, 1.54) is 30.5 Å². The lowest BCUT2D eigenvalue weighted by atomic mass is 10.1.